The molecule has 1 aromatic heterocycles. The molecule has 1 amide bonds. The highest BCUT2D eigenvalue weighted by Crippen LogP contribution is 2.26. The van der Waals surface area contributed by atoms with Crippen LogP contribution in [0.4, 0.5) is 4.79 Å². The summed E-state index contributed by atoms with van der Waals surface area (Å²) in [5.41, 5.74) is -0.432. The van der Waals surface area contributed by atoms with Crippen molar-refractivity contribution in [2.75, 3.05) is 20.1 Å². The Morgan fingerprint density at radius 1 is 1.41 bits per heavy atom. The van der Waals surface area contributed by atoms with Gasteiger partial charge in [0.15, 0.2) is 0 Å². The first-order valence-corrected chi connectivity index (χ1v) is 8.01. The van der Waals surface area contributed by atoms with Crippen molar-refractivity contribution in [3.8, 4) is 0 Å². The van der Waals surface area contributed by atoms with Crippen LogP contribution in [-0.4, -0.2) is 47.7 Å². The molecule has 1 atom stereocenters. The van der Waals surface area contributed by atoms with Gasteiger partial charge in [-0.1, -0.05) is 0 Å². The summed E-state index contributed by atoms with van der Waals surface area (Å²) in [6.07, 6.45) is 3.43. The van der Waals surface area contributed by atoms with E-state index in [1.54, 1.807) is 6.26 Å². The van der Waals surface area contributed by atoms with Crippen molar-refractivity contribution in [1.29, 1.82) is 0 Å². The van der Waals surface area contributed by atoms with Gasteiger partial charge in [-0.2, -0.15) is 0 Å². The quantitative estimate of drug-likeness (QED) is 0.854. The van der Waals surface area contributed by atoms with E-state index >= 15 is 0 Å². The van der Waals surface area contributed by atoms with E-state index in [0.717, 1.165) is 31.7 Å². The number of nitrogens with zero attached hydrogens (tertiary/aromatic N) is 2. The van der Waals surface area contributed by atoms with Crippen LogP contribution in [0.15, 0.2) is 22.8 Å². The number of furan rings is 1. The minimum atomic E-state index is -0.432. The van der Waals surface area contributed by atoms with Gasteiger partial charge in [-0.15, -0.1) is 0 Å². The molecule has 5 heteroatoms. The molecule has 0 saturated carbocycles. The van der Waals surface area contributed by atoms with Gasteiger partial charge in [0.25, 0.3) is 0 Å². The Hall–Kier alpha value is -1.49. The Balaban J connectivity index is 1.85. The molecule has 0 N–H and O–H groups in total. The van der Waals surface area contributed by atoms with Crippen LogP contribution in [-0.2, 0) is 4.74 Å². The summed E-state index contributed by atoms with van der Waals surface area (Å²) in [5.74, 6) is 0.983. The van der Waals surface area contributed by atoms with E-state index in [0.29, 0.717) is 6.04 Å². The molecule has 0 aromatic carbocycles. The monoisotopic (exact) mass is 308 g/mol. The maximum absolute atomic E-state index is 12.1. The Morgan fingerprint density at radius 2 is 2.05 bits per heavy atom. The lowest BCUT2D eigenvalue weighted by Crippen LogP contribution is -2.47. The van der Waals surface area contributed by atoms with E-state index in [1.807, 2.05) is 37.8 Å². The van der Waals surface area contributed by atoms with Gasteiger partial charge in [-0.3, -0.25) is 4.90 Å². The molecule has 1 aromatic rings. The molecule has 0 spiro atoms. The number of likely N-dealkylation sites (tertiary alicyclic amines) is 1. The smallest absolute Gasteiger partial charge is 0.410 e. The highest BCUT2D eigenvalue weighted by Gasteiger charge is 2.30. The maximum Gasteiger partial charge on any atom is 0.410 e. The summed E-state index contributed by atoms with van der Waals surface area (Å²) in [6, 6.07) is 4.63. The van der Waals surface area contributed by atoms with Gasteiger partial charge in [0.1, 0.15) is 11.4 Å². The summed E-state index contributed by atoms with van der Waals surface area (Å²) in [5, 5.41) is 0. The Labute approximate surface area is 133 Å². The second kappa shape index (κ2) is 6.73. The van der Waals surface area contributed by atoms with E-state index in [9.17, 15) is 4.79 Å². The number of amides is 1. The number of carbonyl (C=O) groups is 1. The van der Waals surface area contributed by atoms with Crippen LogP contribution in [0.3, 0.4) is 0 Å². The van der Waals surface area contributed by atoms with E-state index in [4.69, 9.17) is 9.15 Å². The van der Waals surface area contributed by atoms with Crippen molar-refractivity contribution in [3.63, 3.8) is 0 Å². The largest absolute Gasteiger partial charge is 0.468 e. The number of hydrogen-bond acceptors (Lipinski definition) is 4. The molecule has 2 heterocycles. The molecule has 0 radical (unpaired) electrons. The van der Waals surface area contributed by atoms with Crippen molar-refractivity contribution in [3.05, 3.63) is 24.2 Å². The topological polar surface area (TPSA) is 45.9 Å². The zero-order valence-electron chi connectivity index (χ0n) is 14.3. The fourth-order valence-electron chi connectivity index (χ4n) is 2.83. The molecular weight excluding hydrogens is 280 g/mol. The number of hydrogen-bond donors (Lipinski definition) is 0. The fraction of sp³-hybridized carbons (Fsp3) is 0.706. The third-order valence-corrected chi connectivity index (χ3v) is 4.26. The number of piperidine rings is 1. The van der Waals surface area contributed by atoms with E-state index in [1.165, 1.54) is 0 Å². The first-order valence-electron chi connectivity index (χ1n) is 8.01. The molecule has 1 saturated heterocycles. The molecule has 124 valence electrons. The van der Waals surface area contributed by atoms with E-state index in [2.05, 4.69) is 18.9 Å². The summed E-state index contributed by atoms with van der Waals surface area (Å²) in [6.45, 7) is 9.34. The van der Waals surface area contributed by atoms with Gasteiger partial charge in [0.2, 0.25) is 0 Å². The second-order valence-electron chi connectivity index (χ2n) is 7.06. The Morgan fingerprint density at radius 3 is 2.55 bits per heavy atom. The van der Waals surface area contributed by atoms with Crippen molar-refractivity contribution in [2.24, 2.45) is 0 Å². The molecule has 22 heavy (non-hydrogen) atoms. The Bertz CT molecular complexity index is 471. The number of rotatable bonds is 3. The maximum atomic E-state index is 12.1. The third kappa shape index (κ3) is 4.26. The van der Waals surface area contributed by atoms with Crippen LogP contribution in [0.1, 0.15) is 52.3 Å². The molecule has 5 nitrogen and oxygen atoms in total. The number of carbonyl (C=O) groups excluding carboxylic acids is 1. The average molecular weight is 308 g/mol. The van der Waals surface area contributed by atoms with Crippen LogP contribution in [0.2, 0.25) is 0 Å². The van der Waals surface area contributed by atoms with E-state index < -0.39 is 5.60 Å². The average Bonchev–Trinajstić information content (AvgIpc) is 2.98. The lowest BCUT2D eigenvalue weighted by atomic mass is 10.0. The van der Waals surface area contributed by atoms with Gasteiger partial charge in [-0.05, 0) is 59.7 Å². The minimum Gasteiger partial charge on any atom is -0.468 e. The van der Waals surface area contributed by atoms with Crippen molar-refractivity contribution < 1.29 is 13.9 Å². The second-order valence-corrected chi connectivity index (χ2v) is 7.06. The van der Waals surface area contributed by atoms with Crippen molar-refractivity contribution in [1.82, 2.24) is 9.80 Å². The van der Waals surface area contributed by atoms with Crippen molar-refractivity contribution in [2.45, 2.75) is 58.2 Å². The SMILES string of the molecule is C[C@H](c1ccco1)N(C)C1CCN(C(=O)OC(C)(C)C)CC1. The highest BCUT2D eigenvalue weighted by atomic mass is 16.6. The van der Waals surface area contributed by atoms with E-state index in [-0.39, 0.29) is 12.1 Å². The lowest BCUT2D eigenvalue weighted by molar-refractivity contribution is 0.0131. The molecule has 0 bridgehead atoms. The minimum absolute atomic E-state index is 0.201. The number of ether oxygens (including phenoxy) is 1. The van der Waals surface area contributed by atoms with Crippen LogP contribution in [0.5, 0.6) is 0 Å². The zero-order valence-corrected chi connectivity index (χ0v) is 14.3. The third-order valence-electron chi connectivity index (χ3n) is 4.26. The summed E-state index contributed by atoms with van der Waals surface area (Å²) in [7, 11) is 2.13. The van der Waals surface area contributed by atoms with Crippen molar-refractivity contribution >= 4 is 6.09 Å². The molecule has 0 unspecified atom stereocenters. The first kappa shape index (κ1) is 16.9. The molecular formula is C17H28N2O3. The van der Waals surface area contributed by atoms with Gasteiger partial charge >= 0.3 is 6.09 Å². The molecule has 2 rings (SSSR count). The molecule has 1 fully saturated rings. The van der Waals surface area contributed by atoms with Gasteiger partial charge in [-0.25, -0.2) is 4.79 Å². The van der Waals surface area contributed by atoms with Gasteiger partial charge in [0, 0.05) is 19.1 Å². The summed E-state index contributed by atoms with van der Waals surface area (Å²) in [4.78, 5) is 16.2. The predicted octanol–water partition coefficient (Wildman–Crippen LogP) is 3.67. The lowest BCUT2D eigenvalue weighted by Gasteiger charge is -2.39. The predicted molar refractivity (Wildman–Crippen MR) is 85.7 cm³/mol. The standard InChI is InChI=1S/C17H28N2O3/c1-13(15-7-6-12-21-15)18(5)14-8-10-19(11-9-14)16(20)22-17(2,3)4/h6-7,12-14H,8-11H2,1-5H3/t13-/m1/s1. The van der Waals surface area contributed by atoms with Crippen LogP contribution >= 0.6 is 0 Å². The Kier molecular flexibility index (Phi) is 5.16. The van der Waals surface area contributed by atoms with Crippen LogP contribution < -0.4 is 0 Å². The normalized spacial score (nSPS) is 18.5. The van der Waals surface area contributed by atoms with Crippen LogP contribution in [0.25, 0.3) is 0 Å². The zero-order chi connectivity index (χ0) is 16.3. The van der Waals surface area contributed by atoms with Crippen LogP contribution in [0, 0.1) is 0 Å². The van der Waals surface area contributed by atoms with Gasteiger partial charge < -0.3 is 14.1 Å². The fourth-order valence-corrected chi connectivity index (χ4v) is 2.83. The first-order chi connectivity index (χ1) is 10.3. The molecule has 1 aliphatic rings. The molecule has 0 aliphatic carbocycles. The van der Waals surface area contributed by atoms with Gasteiger partial charge in [0.05, 0.1) is 12.3 Å². The summed E-state index contributed by atoms with van der Waals surface area (Å²) >= 11 is 0. The summed E-state index contributed by atoms with van der Waals surface area (Å²) < 4.78 is 10.9. The molecule has 1 aliphatic heterocycles. The highest BCUT2D eigenvalue weighted by molar-refractivity contribution is 5.68.